The van der Waals surface area contributed by atoms with E-state index in [1.807, 2.05) is 12.1 Å². The highest BCUT2D eigenvalue weighted by Gasteiger charge is 2.34. The molecule has 0 saturated heterocycles. The predicted octanol–water partition coefficient (Wildman–Crippen LogP) is 7.78. The molecule has 3 rings (SSSR count). The monoisotopic (exact) mass is 535 g/mol. The van der Waals surface area contributed by atoms with Crippen LogP contribution in [0.4, 0.5) is 0 Å². The average molecular weight is 536 g/mol. The second kappa shape index (κ2) is 17.0. The third-order valence-electron chi connectivity index (χ3n) is 5.86. The first kappa shape index (κ1) is 30.6. The van der Waals surface area contributed by atoms with Gasteiger partial charge >= 0.3 is 13.3 Å². The Kier molecular flexibility index (Phi) is 13.7. The van der Waals surface area contributed by atoms with Crippen LogP contribution in [0, 0.1) is 0 Å². The van der Waals surface area contributed by atoms with E-state index < -0.39 is 19.4 Å². The number of benzene rings is 3. The fraction of sp³-hybridized carbons (Fsp3) is 0.323. The summed E-state index contributed by atoms with van der Waals surface area (Å²) in [5.74, 6) is -0.107. The Morgan fingerprint density at radius 3 is 1.53 bits per heavy atom. The number of ketones is 2. The van der Waals surface area contributed by atoms with Crippen molar-refractivity contribution >= 4 is 24.9 Å². The summed E-state index contributed by atoms with van der Waals surface area (Å²) in [4.78, 5) is 36.0. The van der Waals surface area contributed by atoms with Crippen LogP contribution in [0.1, 0.15) is 76.5 Å². The fourth-order valence-corrected chi connectivity index (χ4v) is 4.95. The van der Waals surface area contributed by atoms with Crippen LogP contribution in [0.25, 0.3) is 0 Å². The van der Waals surface area contributed by atoms with Gasteiger partial charge in [-0.05, 0) is 25.0 Å². The first-order valence-corrected chi connectivity index (χ1v) is 14.3. The molecule has 1 atom stereocenters. The molecule has 3 aromatic carbocycles. The number of unbranched alkanes of at least 4 members (excludes halogenated alkanes) is 5. The maximum absolute atomic E-state index is 12.4. The van der Waals surface area contributed by atoms with Crippen molar-refractivity contribution in [2.75, 3.05) is 20.4 Å². The molecule has 0 aliphatic rings. The summed E-state index contributed by atoms with van der Waals surface area (Å²) < 4.78 is 22.7. The van der Waals surface area contributed by atoms with E-state index >= 15 is 0 Å². The Morgan fingerprint density at radius 2 is 1.08 bits per heavy atom. The van der Waals surface area contributed by atoms with E-state index in [2.05, 4.69) is 6.92 Å². The highest BCUT2D eigenvalue weighted by molar-refractivity contribution is 7.64. The lowest BCUT2D eigenvalue weighted by atomic mass is 10.0. The Balaban J connectivity index is 0.000000279. The summed E-state index contributed by atoms with van der Waals surface area (Å²) >= 11 is 0. The van der Waals surface area contributed by atoms with Crippen LogP contribution in [0.3, 0.4) is 0 Å². The van der Waals surface area contributed by atoms with Gasteiger partial charge in [0, 0.05) is 11.1 Å². The molecule has 0 heterocycles. The lowest BCUT2D eigenvalue weighted by Crippen LogP contribution is -2.14. The van der Waals surface area contributed by atoms with Gasteiger partial charge in [0.25, 0.3) is 0 Å². The van der Waals surface area contributed by atoms with E-state index in [4.69, 9.17) is 9.47 Å². The molecule has 0 fully saturated rings. The van der Waals surface area contributed by atoms with Crippen molar-refractivity contribution in [3.8, 4) is 11.5 Å². The van der Waals surface area contributed by atoms with E-state index in [9.17, 15) is 18.9 Å². The van der Waals surface area contributed by atoms with E-state index in [-0.39, 0.29) is 5.52 Å². The Bertz CT molecular complexity index is 1120. The average Bonchev–Trinajstić information content (AvgIpc) is 2.98. The van der Waals surface area contributed by atoms with Crippen molar-refractivity contribution in [1.29, 1.82) is 0 Å². The Hall–Kier alpha value is -3.63. The van der Waals surface area contributed by atoms with Crippen LogP contribution in [-0.4, -0.2) is 37.5 Å². The number of carbonyl (C=O) groups is 3. The molecule has 0 N–H and O–H groups in total. The second-order valence-electron chi connectivity index (χ2n) is 8.60. The molecule has 0 bridgehead atoms. The van der Waals surface area contributed by atoms with Gasteiger partial charge in [-0.25, -0.2) is 4.79 Å². The van der Waals surface area contributed by atoms with E-state index in [0.29, 0.717) is 34.4 Å². The van der Waals surface area contributed by atoms with Crippen molar-refractivity contribution in [3.05, 3.63) is 95.6 Å². The molecule has 6 nitrogen and oxygen atoms in total. The molecule has 0 radical (unpaired) electrons. The molecule has 200 valence electrons. The molecule has 3 aromatic rings. The number of hydrogen-bond acceptors (Lipinski definition) is 6. The van der Waals surface area contributed by atoms with Gasteiger partial charge in [0.2, 0.25) is 11.6 Å². The summed E-state index contributed by atoms with van der Waals surface area (Å²) in [6, 6.07) is 22.3. The molecule has 1 unspecified atom stereocenters. The number of rotatable bonds is 14. The van der Waals surface area contributed by atoms with Gasteiger partial charge in [-0.3, -0.25) is 9.59 Å². The standard InChI is InChI=1S/C17H26O4P.C14H10O2/c1-4-5-6-7-8-9-13-22(19)17(18)16-14(20-2)11-10-12-15(16)21-3;15-13(11-7-3-1-4-8-11)14(16)12-9-5-2-6-10-12/h10-12H,4-9,13H2,1-3H3;1-10H/q+1;. The minimum atomic E-state index is -1.94. The second-order valence-corrected chi connectivity index (χ2v) is 10.2. The summed E-state index contributed by atoms with van der Waals surface area (Å²) in [6.07, 6.45) is 7.08. The minimum Gasteiger partial charge on any atom is -0.496 e. The zero-order valence-electron chi connectivity index (χ0n) is 22.4. The van der Waals surface area contributed by atoms with E-state index in [0.717, 1.165) is 19.3 Å². The van der Waals surface area contributed by atoms with Crippen LogP contribution in [-0.2, 0) is 4.57 Å². The van der Waals surface area contributed by atoms with Crippen molar-refractivity contribution < 1.29 is 28.4 Å². The summed E-state index contributed by atoms with van der Waals surface area (Å²) in [7, 11) is 1.05. The molecule has 0 saturated carbocycles. The molecular weight excluding hydrogens is 499 g/mol. The van der Waals surface area contributed by atoms with Crippen molar-refractivity contribution in [2.24, 2.45) is 0 Å². The van der Waals surface area contributed by atoms with Gasteiger partial charge in [0.05, 0.1) is 14.2 Å². The number of Topliss-reactive ketones (excluding diaryl/α,β-unsaturated/α-hetero) is 2. The molecule has 0 amide bonds. The largest absolute Gasteiger partial charge is 0.496 e. The lowest BCUT2D eigenvalue weighted by Gasteiger charge is -2.07. The summed E-state index contributed by atoms with van der Waals surface area (Å²) in [6.45, 7) is 2.18. The molecule has 0 spiro atoms. The van der Waals surface area contributed by atoms with E-state index in [1.165, 1.54) is 33.5 Å². The van der Waals surface area contributed by atoms with Crippen molar-refractivity contribution in [2.45, 2.75) is 45.4 Å². The molecule has 0 aromatic heterocycles. The minimum absolute atomic E-state index is 0.291. The molecule has 0 aliphatic carbocycles. The SMILES string of the molecule is CCCCCCCC[P+](=O)C(=O)c1c(OC)cccc1OC.O=C(C(=O)c1ccccc1)c1ccccc1. The van der Waals surface area contributed by atoms with Crippen LogP contribution < -0.4 is 9.47 Å². The Labute approximate surface area is 226 Å². The third kappa shape index (κ3) is 9.35. The molecular formula is C31H36O6P+. The number of ether oxygens (including phenoxy) is 2. The van der Waals surface area contributed by atoms with Gasteiger partial charge in [0.1, 0.15) is 11.5 Å². The lowest BCUT2D eigenvalue weighted by molar-refractivity contribution is 0.0817. The summed E-state index contributed by atoms with van der Waals surface area (Å²) in [5.41, 5.74) is 0.769. The van der Waals surface area contributed by atoms with Gasteiger partial charge < -0.3 is 9.47 Å². The zero-order chi connectivity index (χ0) is 27.8. The molecule has 0 aliphatic heterocycles. The molecule has 7 heteroatoms. The topological polar surface area (TPSA) is 86.7 Å². The zero-order valence-corrected chi connectivity index (χ0v) is 23.2. The molecule has 38 heavy (non-hydrogen) atoms. The van der Waals surface area contributed by atoms with Crippen LogP contribution in [0.5, 0.6) is 11.5 Å². The van der Waals surface area contributed by atoms with Crippen LogP contribution in [0.2, 0.25) is 0 Å². The van der Waals surface area contributed by atoms with Crippen molar-refractivity contribution in [3.63, 3.8) is 0 Å². The van der Waals surface area contributed by atoms with Gasteiger partial charge in [-0.15, -0.1) is 0 Å². The number of methoxy groups -OCH3 is 2. The first-order valence-electron chi connectivity index (χ1n) is 12.8. The van der Waals surface area contributed by atoms with E-state index in [1.54, 1.807) is 66.7 Å². The normalized spacial score (nSPS) is 10.6. The van der Waals surface area contributed by atoms with Gasteiger partial charge in [0.15, 0.2) is 11.7 Å². The quantitative estimate of drug-likeness (QED) is 0.0906. The number of hydrogen-bond donors (Lipinski definition) is 0. The third-order valence-corrected chi connectivity index (χ3v) is 7.26. The highest BCUT2D eigenvalue weighted by Crippen LogP contribution is 2.37. The van der Waals surface area contributed by atoms with Gasteiger partial charge in [-0.1, -0.05) is 104 Å². The number of carbonyl (C=O) groups excluding carboxylic acids is 3. The first-order chi connectivity index (χ1) is 18.4. The van der Waals surface area contributed by atoms with Crippen LogP contribution >= 0.6 is 7.80 Å². The summed E-state index contributed by atoms with van der Waals surface area (Å²) in [5, 5.41) is 0. The van der Waals surface area contributed by atoms with Crippen LogP contribution in [0.15, 0.2) is 78.9 Å². The van der Waals surface area contributed by atoms with Gasteiger partial charge in [-0.2, -0.15) is 0 Å². The maximum Gasteiger partial charge on any atom is 0.420 e. The maximum atomic E-state index is 12.4. The predicted molar refractivity (Wildman–Crippen MR) is 151 cm³/mol. The smallest absolute Gasteiger partial charge is 0.420 e. The fourth-order valence-electron chi connectivity index (χ4n) is 3.77. The Morgan fingerprint density at radius 1 is 0.632 bits per heavy atom. The van der Waals surface area contributed by atoms with Crippen molar-refractivity contribution in [1.82, 2.24) is 0 Å². The highest BCUT2D eigenvalue weighted by atomic mass is 31.1.